The summed E-state index contributed by atoms with van der Waals surface area (Å²) in [5.41, 5.74) is 5.80. The van der Waals surface area contributed by atoms with Crippen LogP contribution in [-0.4, -0.2) is 50.6 Å². The minimum atomic E-state index is -0.283. The van der Waals surface area contributed by atoms with Gasteiger partial charge in [0.1, 0.15) is 0 Å². The lowest BCUT2D eigenvalue weighted by Gasteiger charge is -2.32. The molecule has 3 N–H and O–H groups in total. The van der Waals surface area contributed by atoms with Crippen LogP contribution in [0.1, 0.15) is 47.2 Å². The van der Waals surface area contributed by atoms with E-state index in [4.69, 9.17) is 4.98 Å². The Balaban J connectivity index is 1.06. The first-order chi connectivity index (χ1) is 21.0. The molecule has 0 aliphatic carbocycles. The number of rotatable bonds is 7. The van der Waals surface area contributed by atoms with Crippen LogP contribution in [0.25, 0.3) is 32.6 Å². The first-order valence-corrected chi connectivity index (χ1v) is 14.9. The van der Waals surface area contributed by atoms with Gasteiger partial charge >= 0.3 is 0 Å². The topological polar surface area (TPSA) is 107 Å². The zero-order chi connectivity index (χ0) is 29.3. The van der Waals surface area contributed by atoms with Gasteiger partial charge in [-0.2, -0.15) is 5.10 Å². The lowest BCUT2D eigenvalue weighted by Crippen LogP contribution is -2.43. The number of hydrogen-bond donors (Lipinski definition) is 3. The van der Waals surface area contributed by atoms with Crippen LogP contribution in [0, 0.1) is 6.92 Å². The summed E-state index contributed by atoms with van der Waals surface area (Å²) in [5.74, 6) is 0.159. The second-order valence-electron chi connectivity index (χ2n) is 11.7. The highest BCUT2D eigenvalue weighted by Gasteiger charge is 2.25. The Kier molecular flexibility index (Phi) is 7.20. The van der Waals surface area contributed by atoms with Crippen molar-refractivity contribution in [3.05, 3.63) is 118 Å². The number of H-pyrrole nitrogens is 2. The van der Waals surface area contributed by atoms with Gasteiger partial charge in [0.25, 0.3) is 5.56 Å². The molecule has 216 valence electrons. The Bertz CT molecular complexity index is 2000. The van der Waals surface area contributed by atoms with Gasteiger partial charge in [-0.15, -0.1) is 0 Å². The Morgan fingerprint density at radius 1 is 0.953 bits per heavy atom. The van der Waals surface area contributed by atoms with Gasteiger partial charge in [-0.3, -0.25) is 24.6 Å². The number of aromatic nitrogens is 4. The second kappa shape index (κ2) is 11.5. The van der Waals surface area contributed by atoms with E-state index in [9.17, 15) is 9.59 Å². The predicted molar refractivity (Wildman–Crippen MR) is 170 cm³/mol. The molecule has 6 aromatic rings. The average molecular weight is 571 g/mol. The normalized spacial score (nSPS) is 15.3. The molecular weight excluding hydrogens is 536 g/mol. The van der Waals surface area contributed by atoms with Crippen molar-refractivity contribution in [2.24, 2.45) is 0 Å². The number of nitrogens with one attached hydrogen (secondary N) is 3. The monoisotopic (exact) mass is 570 g/mol. The van der Waals surface area contributed by atoms with Crippen LogP contribution in [0.4, 0.5) is 0 Å². The molecule has 1 saturated heterocycles. The number of amides is 1. The Labute approximate surface area is 249 Å². The van der Waals surface area contributed by atoms with Crippen LogP contribution < -0.4 is 10.9 Å². The summed E-state index contributed by atoms with van der Waals surface area (Å²) in [6.45, 7) is 3.91. The lowest BCUT2D eigenvalue weighted by molar-refractivity contribution is -0.123. The third-order valence-corrected chi connectivity index (χ3v) is 8.77. The maximum Gasteiger partial charge on any atom is 0.251 e. The van der Waals surface area contributed by atoms with Crippen LogP contribution in [0.15, 0.2) is 90.0 Å². The highest BCUT2D eigenvalue weighted by molar-refractivity contribution is 5.84. The van der Waals surface area contributed by atoms with Crippen molar-refractivity contribution in [1.29, 1.82) is 0 Å². The molecule has 8 heteroatoms. The van der Waals surface area contributed by atoms with E-state index in [-0.39, 0.29) is 23.4 Å². The summed E-state index contributed by atoms with van der Waals surface area (Å²) in [6.07, 6.45) is 6.02. The minimum Gasteiger partial charge on any atom is -0.346 e. The molecule has 0 radical (unpaired) electrons. The van der Waals surface area contributed by atoms with Crippen molar-refractivity contribution in [2.45, 2.75) is 38.1 Å². The molecule has 3 aromatic heterocycles. The smallest absolute Gasteiger partial charge is 0.251 e. The number of likely N-dealkylation sites (tertiary alicyclic amines) is 1. The van der Waals surface area contributed by atoms with Crippen molar-refractivity contribution >= 4 is 38.5 Å². The van der Waals surface area contributed by atoms with E-state index in [0.717, 1.165) is 80.9 Å². The van der Waals surface area contributed by atoms with Gasteiger partial charge in [-0.1, -0.05) is 48.5 Å². The molecule has 1 unspecified atom stereocenters. The molecule has 8 nitrogen and oxygen atoms in total. The quantitative estimate of drug-likeness (QED) is 0.234. The molecule has 1 aliphatic heterocycles. The first-order valence-electron chi connectivity index (χ1n) is 14.9. The first kappa shape index (κ1) is 27.0. The molecule has 7 rings (SSSR count). The third kappa shape index (κ3) is 5.66. The molecule has 1 aliphatic rings. The van der Waals surface area contributed by atoms with Gasteiger partial charge in [0, 0.05) is 28.0 Å². The van der Waals surface area contributed by atoms with E-state index in [2.05, 4.69) is 56.6 Å². The molecule has 1 amide bonds. The van der Waals surface area contributed by atoms with Crippen molar-refractivity contribution in [2.75, 3.05) is 19.6 Å². The number of aryl methyl sites for hydroxylation is 1. The molecule has 4 heterocycles. The highest BCUT2D eigenvalue weighted by Crippen LogP contribution is 2.28. The molecule has 1 fully saturated rings. The van der Waals surface area contributed by atoms with E-state index < -0.39 is 0 Å². The standard InChI is InChI=1S/C35H34N6O2/c1-22-14-23(15-28-20-37-40-34(22)28)16-32(31-18-25-6-2-3-8-27(25)19-36-31)38-33(42)21-41-12-10-24(11-13-41)29-17-26-7-4-5-9-30(26)39-35(29)43/h2-9,14-15,17-20,24,32H,10-13,16,21H2,1H3,(H,37,40)(H,38,42)(H,39,43). The van der Waals surface area contributed by atoms with E-state index in [1.807, 2.05) is 60.9 Å². The summed E-state index contributed by atoms with van der Waals surface area (Å²) in [7, 11) is 0. The number of benzene rings is 3. The minimum absolute atomic E-state index is 0.00975. The second-order valence-corrected chi connectivity index (χ2v) is 11.7. The number of carbonyl (C=O) groups excluding carboxylic acids is 1. The molecule has 1 atom stereocenters. The SMILES string of the molecule is Cc1cc(CC(NC(=O)CN2CCC(c3cc4ccccc4[nH]c3=O)CC2)c2cc3ccccc3cn2)cc2cn[nH]c12. The number of fused-ring (bicyclic) bond motifs is 3. The maximum atomic E-state index is 13.5. The van der Waals surface area contributed by atoms with E-state index in [1.54, 1.807) is 0 Å². The summed E-state index contributed by atoms with van der Waals surface area (Å²) in [4.78, 5) is 36.3. The van der Waals surface area contributed by atoms with Gasteiger partial charge in [0.2, 0.25) is 5.91 Å². The average Bonchev–Trinajstić information content (AvgIpc) is 3.50. The Morgan fingerprint density at radius 3 is 2.56 bits per heavy atom. The van der Waals surface area contributed by atoms with Crippen LogP contribution in [0.2, 0.25) is 0 Å². The number of pyridine rings is 2. The molecule has 43 heavy (non-hydrogen) atoms. The Hall–Kier alpha value is -4.82. The van der Waals surface area contributed by atoms with Crippen molar-refractivity contribution in [3.8, 4) is 0 Å². The van der Waals surface area contributed by atoms with Crippen molar-refractivity contribution in [3.63, 3.8) is 0 Å². The lowest BCUT2D eigenvalue weighted by atomic mass is 9.89. The molecular formula is C35H34N6O2. The zero-order valence-electron chi connectivity index (χ0n) is 24.1. The molecule has 0 saturated carbocycles. The highest BCUT2D eigenvalue weighted by atomic mass is 16.2. The molecule has 3 aromatic carbocycles. The van der Waals surface area contributed by atoms with Crippen LogP contribution >= 0.6 is 0 Å². The van der Waals surface area contributed by atoms with Gasteiger partial charge in [-0.25, -0.2) is 0 Å². The number of piperidine rings is 1. The molecule has 0 spiro atoms. The van der Waals surface area contributed by atoms with E-state index >= 15 is 0 Å². The van der Waals surface area contributed by atoms with Crippen molar-refractivity contribution in [1.82, 2.24) is 30.4 Å². The Morgan fingerprint density at radius 2 is 1.72 bits per heavy atom. The fourth-order valence-electron chi connectivity index (χ4n) is 6.50. The fraction of sp³-hybridized carbons (Fsp3) is 0.257. The maximum absolute atomic E-state index is 13.5. The van der Waals surface area contributed by atoms with Gasteiger partial charge < -0.3 is 10.3 Å². The van der Waals surface area contributed by atoms with E-state index in [0.29, 0.717) is 13.0 Å². The number of nitrogens with zero attached hydrogens (tertiary/aromatic N) is 3. The van der Waals surface area contributed by atoms with Gasteiger partial charge in [-0.05, 0) is 91.4 Å². The van der Waals surface area contributed by atoms with E-state index in [1.165, 1.54) is 0 Å². The number of aromatic amines is 2. The van der Waals surface area contributed by atoms with Crippen LogP contribution in [0.5, 0.6) is 0 Å². The zero-order valence-corrected chi connectivity index (χ0v) is 24.1. The summed E-state index contributed by atoms with van der Waals surface area (Å²) in [6, 6.07) is 24.1. The summed E-state index contributed by atoms with van der Waals surface area (Å²) < 4.78 is 0. The van der Waals surface area contributed by atoms with Crippen LogP contribution in [-0.2, 0) is 11.2 Å². The number of hydrogen-bond acceptors (Lipinski definition) is 5. The van der Waals surface area contributed by atoms with Crippen molar-refractivity contribution < 1.29 is 4.79 Å². The third-order valence-electron chi connectivity index (χ3n) is 8.77. The summed E-state index contributed by atoms with van der Waals surface area (Å²) in [5, 5.41) is 14.8. The predicted octanol–water partition coefficient (Wildman–Crippen LogP) is 5.54. The number of para-hydroxylation sites is 1. The fourth-order valence-corrected chi connectivity index (χ4v) is 6.50. The van der Waals surface area contributed by atoms with Gasteiger partial charge in [0.05, 0.1) is 30.0 Å². The number of carbonyl (C=O) groups is 1. The molecule has 0 bridgehead atoms. The largest absolute Gasteiger partial charge is 0.346 e. The van der Waals surface area contributed by atoms with Gasteiger partial charge in [0.15, 0.2) is 0 Å². The van der Waals surface area contributed by atoms with Crippen LogP contribution in [0.3, 0.4) is 0 Å². The summed E-state index contributed by atoms with van der Waals surface area (Å²) >= 11 is 0.